The highest BCUT2D eigenvalue weighted by Gasteiger charge is 2.22. The molecule has 0 amide bonds. The zero-order valence-electron chi connectivity index (χ0n) is 18.8. The van der Waals surface area contributed by atoms with Crippen molar-refractivity contribution in [3.05, 3.63) is 92.4 Å². The van der Waals surface area contributed by atoms with Gasteiger partial charge in [-0.25, -0.2) is 9.97 Å². The van der Waals surface area contributed by atoms with Gasteiger partial charge < -0.3 is 0 Å². The van der Waals surface area contributed by atoms with Crippen LogP contribution in [0.2, 0.25) is 0 Å². The molecule has 0 radical (unpaired) electrons. The van der Waals surface area contributed by atoms with E-state index in [0.29, 0.717) is 44.2 Å². The second kappa shape index (κ2) is 6.96. The molecule has 0 N–H and O–H groups in total. The largest absolute Gasteiger partial charge is 0.268 e. The van der Waals surface area contributed by atoms with Crippen LogP contribution in [0.25, 0.3) is 67.9 Å². The van der Waals surface area contributed by atoms with Gasteiger partial charge in [0.25, 0.3) is 11.1 Å². The molecule has 0 saturated carbocycles. The Kier molecular flexibility index (Phi) is 4.10. The summed E-state index contributed by atoms with van der Waals surface area (Å²) < 4.78 is 3.26. The average molecular weight is 444 g/mol. The van der Waals surface area contributed by atoms with E-state index < -0.39 is 0 Å². The van der Waals surface area contributed by atoms with Gasteiger partial charge in [0.1, 0.15) is 11.3 Å². The van der Waals surface area contributed by atoms with Gasteiger partial charge in [-0.05, 0) is 56.3 Å². The van der Waals surface area contributed by atoms with Crippen LogP contribution >= 0.6 is 0 Å². The summed E-state index contributed by atoms with van der Waals surface area (Å²) in [5.41, 5.74) is 2.08. The highest BCUT2D eigenvalue weighted by atomic mass is 16.1. The van der Waals surface area contributed by atoms with E-state index in [1.54, 1.807) is 39.2 Å². The van der Waals surface area contributed by atoms with E-state index >= 15 is 0 Å². The summed E-state index contributed by atoms with van der Waals surface area (Å²) in [7, 11) is 0. The Morgan fingerprint density at radius 1 is 0.824 bits per heavy atom. The number of pyridine rings is 2. The van der Waals surface area contributed by atoms with Crippen LogP contribution in [0.15, 0.2) is 59.2 Å². The standard InChI is InChI=1S/C28H20N4O2/c1-5-9-21-19(7-3)29-25-15-11-12-16-24-18(14-13-17(23(15)24)27(33)31(21)25)28(34)32-22(10-6-2)20(8-4)30-26(16)32/h5-14H,1,4H2,2-3H3/b10-6-,19-7+,21-9+. The molecule has 4 aromatic heterocycles. The van der Waals surface area contributed by atoms with Crippen LogP contribution in [0.1, 0.15) is 25.2 Å². The smallest absolute Gasteiger partial charge is 0.264 e. The molecule has 34 heavy (non-hydrogen) atoms. The van der Waals surface area contributed by atoms with Gasteiger partial charge in [-0.15, -0.1) is 0 Å². The Morgan fingerprint density at radius 3 is 1.97 bits per heavy atom. The number of hydrogen-bond acceptors (Lipinski definition) is 4. The lowest BCUT2D eigenvalue weighted by Crippen LogP contribution is -2.32. The fraction of sp³-hybridized carbons (Fsp3) is 0.0714. The van der Waals surface area contributed by atoms with Crippen molar-refractivity contribution < 1.29 is 0 Å². The van der Waals surface area contributed by atoms with Crippen molar-refractivity contribution in [1.82, 2.24) is 18.8 Å². The quantitative estimate of drug-likeness (QED) is 0.392. The van der Waals surface area contributed by atoms with Crippen molar-refractivity contribution >= 4 is 67.9 Å². The maximum absolute atomic E-state index is 13.7. The number of nitrogens with zero attached hydrogens (tertiary/aromatic N) is 4. The molecule has 0 unspecified atom stereocenters. The number of benzene rings is 2. The number of imidazole rings is 2. The normalized spacial score (nSPS) is 13.7. The SMILES string of the molecule is C=C/C=c1\c(=C/C)nc2c3ccc4c5c(ccc(c(=O)n12)c35)c(=O)n1c(/C=C\C)c(C=C)nc41. The Bertz CT molecular complexity index is 2110. The molecule has 6 aromatic rings. The molecule has 4 heterocycles. The molecule has 0 aliphatic rings. The summed E-state index contributed by atoms with van der Waals surface area (Å²) in [5, 5.41) is 5.56. The summed E-state index contributed by atoms with van der Waals surface area (Å²) in [6, 6.07) is 7.41. The van der Waals surface area contributed by atoms with Gasteiger partial charge in [0.15, 0.2) is 0 Å². The molecule has 6 nitrogen and oxygen atoms in total. The third-order valence-corrected chi connectivity index (χ3v) is 6.46. The second-order valence-electron chi connectivity index (χ2n) is 8.16. The highest BCUT2D eigenvalue weighted by molar-refractivity contribution is 6.27. The van der Waals surface area contributed by atoms with Gasteiger partial charge in [-0.1, -0.05) is 31.4 Å². The van der Waals surface area contributed by atoms with E-state index in [9.17, 15) is 9.59 Å². The summed E-state index contributed by atoms with van der Waals surface area (Å²) in [6.45, 7) is 11.4. The van der Waals surface area contributed by atoms with Crippen LogP contribution in [0.5, 0.6) is 0 Å². The van der Waals surface area contributed by atoms with E-state index in [0.717, 1.165) is 21.5 Å². The molecule has 0 aliphatic heterocycles. The molecule has 0 spiro atoms. The monoisotopic (exact) mass is 444 g/mol. The topological polar surface area (TPSA) is 68.7 Å². The number of aromatic nitrogens is 4. The molecule has 6 rings (SSSR count). The first-order valence-electron chi connectivity index (χ1n) is 11.0. The van der Waals surface area contributed by atoms with Gasteiger partial charge in [-0.2, -0.15) is 0 Å². The highest BCUT2D eigenvalue weighted by Crippen LogP contribution is 2.35. The lowest BCUT2D eigenvalue weighted by molar-refractivity contribution is 1.09. The van der Waals surface area contributed by atoms with E-state index in [1.807, 2.05) is 44.2 Å². The molecule has 0 saturated heterocycles. The molecular weight excluding hydrogens is 424 g/mol. The summed E-state index contributed by atoms with van der Waals surface area (Å²) in [5.74, 6) is 0. The third-order valence-electron chi connectivity index (χ3n) is 6.46. The predicted molar refractivity (Wildman–Crippen MR) is 140 cm³/mol. The summed E-state index contributed by atoms with van der Waals surface area (Å²) in [6.07, 6.45) is 10.7. The minimum absolute atomic E-state index is 0.176. The lowest BCUT2D eigenvalue weighted by atomic mass is 9.96. The Labute approximate surface area is 193 Å². The zero-order chi connectivity index (χ0) is 23.7. The number of allylic oxidation sites excluding steroid dienone is 2. The van der Waals surface area contributed by atoms with Crippen LogP contribution in [-0.2, 0) is 0 Å². The fourth-order valence-corrected chi connectivity index (χ4v) is 5.09. The average Bonchev–Trinajstić information content (AvgIpc) is 3.40. The third kappa shape index (κ3) is 2.29. The van der Waals surface area contributed by atoms with Gasteiger partial charge in [0, 0.05) is 32.3 Å². The maximum Gasteiger partial charge on any atom is 0.264 e. The molecule has 164 valence electrons. The van der Waals surface area contributed by atoms with Gasteiger partial charge in [0.2, 0.25) is 0 Å². The molecule has 0 atom stereocenters. The van der Waals surface area contributed by atoms with Crippen molar-refractivity contribution in [1.29, 1.82) is 0 Å². The minimum Gasteiger partial charge on any atom is -0.268 e. The van der Waals surface area contributed by atoms with Crippen LogP contribution < -0.4 is 21.8 Å². The first-order valence-corrected chi connectivity index (χ1v) is 11.0. The molecular formula is C28H20N4O2. The Balaban J connectivity index is 1.97. The molecule has 0 bridgehead atoms. The number of fused-ring (bicyclic) bond motifs is 4. The zero-order valence-corrected chi connectivity index (χ0v) is 18.8. The first-order chi connectivity index (χ1) is 16.5. The van der Waals surface area contributed by atoms with Crippen LogP contribution in [0.4, 0.5) is 0 Å². The van der Waals surface area contributed by atoms with E-state index in [1.165, 1.54) is 0 Å². The fourth-order valence-electron chi connectivity index (χ4n) is 5.09. The Morgan fingerprint density at radius 2 is 1.41 bits per heavy atom. The number of hydrogen-bond donors (Lipinski definition) is 0. The molecule has 0 aliphatic carbocycles. The van der Waals surface area contributed by atoms with Crippen LogP contribution in [0, 0.1) is 0 Å². The van der Waals surface area contributed by atoms with Crippen molar-refractivity contribution in [3.8, 4) is 0 Å². The molecule has 2 aromatic carbocycles. The molecule has 0 fully saturated rings. The number of rotatable bonds is 3. The minimum atomic E-state index is -0.178. The summed E-state index contributed by atoms with van der Waals surface area (Å²) in [4.78, 5) is 36.9. The maximum atomic E-state index is 13.7. The van der Waals surface area contributed by atoms with Gasteiger partial charge >= 0.3 is 0 Å². The van der Waals surface area contributed by atoms with E-state index in [-0.39, 0.29) is 11.1 Å². The van der Waals surface area contributed by atoms with E-state index in [4.69, 9.17) is 9.97 Å². The summed E-state index contributed by atoms with van der Waals surface area (Å²) >= 11 is 0. The van der Waals surface area contributed by atoms with Crippen molar-refractivity contribution in [3.63, 3.8) is 0 Å². The van der Waals surface area contributed by atoms with Crippen molar-refractivity contribution in [2.24, 2.45) is 0 Å². The second-order valence-corrected chi connectivity index (χ2v) is 8.16. The predicted octanol–water partition coefficient (Wildman–Crippen LogP) is 3.48. The lowest BCUT2D eigenvalue weighted by Gasteiger charge is -2.12. The molecule has 6 heteroatoms. The van der Waals surface area contributed by atoms with Gasteiger partial charge in [0.05, 0.1) is 22.1 Å². The van der Waals surface area contributed by atoms with Crippen LogP contribution in [-0.4, -0.2) is 18.8 Å². The van der Waals surface area contributed by atoms with E-state index in [2.05, 4.69) is 13.2 Å². The van der Waals surface area contributed by atoms with Crippen molar-refractivity contribution in [2.75, 3.05) is 0 Å². The first kappa shape index (κ1) is 20.1. The Hall–Kier alpha value is -4.58. The van der Waals surface area contributed by atoms with Crippen LogP contribution in [0.3, 0.4) is 0 Å². The van der Waals surface area contributed by atoms with Gasteiger partial charge in [-0.3, -0.25) is 18.4 Å². The van der Waals surface area contributed by atoms with Crippen molar-refractivity contribution in [2.45, 2.75) is 13.8 Å².